The zero-order valence-corrected chi connectivity index (χ0v) is 14.7. The Morgan fingerprint density at radius 1 is 0.962 bits per heavy atom. The predicted molar refractivity (Wildman–Crippen MR) is 105 cm³/mol. The van der Waals surface area contributed by atoms with Crippen LogP contribution in [0.2, 0.25) is 0 Å². The van der Waals surface area contributed by atoms with Crippen LogP contribution in [-0.4, -0.2) is 11.9 Å². The molecule has 6 N–H and O–H groups in total. The smallest absolute Gasteiger partial charge is 0.324 e. The van der Waals surface area contributed by atoms with E-state index in [4.69, 9.17) is 11.5 Å². The number of carbonyl (C=O) groups excluding carboxylic acids is 2. The van der Waals surface area contributed by atoms with Crippen LogP contribution in [0.3, 0.4) is 0 Å². The van der Waals surface area contributed by atoms with Gasteiger partial charge in [0.15, 0.2) is 0 Å². The number of urea groups is 1. The highest BCUT2D eigenvalue weighted by molar-refractivity contribution is 7.14. The highest BCUT2D eigenvalue weighted by atomic mass is 32.1. The molecular weight excluding hydrogens is 348 g/mol. The van der Waals surface area contributed by atoms with Gasteiger partial charge in [0, 0.05) is 12.2 Å². The van der Waals surface area contributed by atoms with Crippen molar-refractivity contribution in [2.75, 3.05) is 10.6 Å². The molecule has 0 radical (unpaired) electrons. The first-order valence-electron chi connectivity index (χ1n) is 7.91. The molecular formula is C19H18N4O2S. The van der Waals surface area contributed by atoms with Crippen molar-refractivity contribution in [1.29, 1.82) is 0 Å². The molecule has 0 aliphatic rings. The van der Waals surface area contributed by atoms with Gasteiger partial charge in [-0.3, -0.25) is 10.1 Å². The normalized spacial score (nSPS) is 10.3. The van der Waals surface area contributed by atoms with Gasteiger partial charge in [-0.25, -0.2) is 4.79 Å². The number of primary amides is 1. The number of anilines is 2. The molecule has 3 aromatic rings. The summed E-state index contributed by atoms with van der Waals surface area (Å²) in [6.07, 6.45) is 0. The van der Waals surface area contributed by atoms with Crippen molar-refractivity contribution in [3.05, 3.63) is 71.1 Å². The van der Waals surface area contributed by atoms with E-state index in [9.17, 15) is 9.59 Å². The van der Waals surface area contributed by atoms with Gasteiger partial charge < -0.3 is 16.8 Å². The lowest BCUT2D eigenvalue weighted by Gasteiger charge is -2.09. The number of hydrogen-bond donors (Lipinski definition) is 4. The molecule has 0 aliphatic carbocycles. The lowest BCUT2D eigenvalue weighted by atomic mass is 10.0. The standard InChI is InChI=1S/C19H18N4O2S/c20-11-12-2-1-3-14(10-12)13-4-6-15(7-5-13)22-19(25)23-18-16(17(21)24)8-9-26-18/h1-10H,11,20H2,(H2,21,24)(H2,22,23,25). The van der Waals surface area contributed by atoms with Crippen molar-refractivity contribution in [3.8, 4) is 11.1 Å². The highest BCUT2D eigenvalue weighted by Gasteiger charge is 2.12. The van der Waals surface area contributed by atoms with Crippen molar-refractivity contribution < 1.29 is 9.59 Å². The molecule has 0 unspecified atom stereocenters. The van der Waals surface area contributed by atoms with Crippen LogP contribution in [0.1, 0.15) is 15.9 Å². The van der Waals surface area contributed by atoms with Crippen LogP contribution in [0.25, 0.3) is 11.1 Å². The summed E-state index contributed by atoms with van der Waals surface area (Å²) in [5.74, 6) is -0.578. The van der Waals surface area contributed by atoms with Gasteiger partial charge >= 0.3 is 6.03 Å². The third-order valence-corrected chi connectivity index (χ3v) is 4.63. The molecule has 1 aromatic heterocycles. The molecule has 0 spiro atoms. The number of benzene rings is 2. The fourth-order valence-corrected chi connectivity index (χ4v) is 3.28. The van der Waals surface area contributed by atoms with Gasteiger partial charge in [-0.15, -0.1) is 11.3 Å². The van der Waals surface area contributed by atoms with E-state index in [-0.39, 0.29) is 0 Å². The molecule has 2 aromatic carbocycles. The molecule has 0 saturated heterocycles. The molecule has 7 heteroatoms. The molecule has 0 fully saturated rings. The number of amides is 3. The summed E-state index contributed by atoms with van der Waals surface area (Å²) in [5.41, 5.74) is 15.0. The summed E-state index contributed by atoms with van der Waals surface area (Å²) >= 11 is 1.24. The van der Waals surface area contributed by atoms with Crippen LogP contribution in [0.4, 0.5) is 15.5 Å². The second-order valence-electron chi connectivity index (χ2n) is 5.59. The molecule has 3 rings (SSSR count). The Kier molecular flexibility index (Phi) is 5.31. The van der Waals surface area contributed by atoms with Crippen LogP contribution >= 0.6 is 11.3 Å². The van der Waals surface area contributed by atoms with Gasteiger partial charge in [-0.1, -0.05) is 30.3 Å². The van der Waals surface area contributed by atoms with E-state index in [2.05, 4.69) is 10.6 Å². The highest BCUT2D eigenvalue weighted by Crippen LogP contribution is 2.24. The topological polar surface area (TPSA) is 110 Å². The van der Waals surface area contributed by atoms with Gasteiger partial charge in [0.2, 0.25) is 0 Å². The second-order valence-corrected chi connectivity index (χ2v) is 6.50. The minimum Gasteiger partial charge on any atom is -0.366 e. The molecule has 0 atom stereocenters. The van der Waals surface area contributed by atoms with E-state index < -0.39 is 11.9 Å². The number of thiophene rings is 1. The van der Waals surface area contributed by atoms with Crippen LogP contribution in [-0.2, 0) is 6.54 Å². The zero-order valence-electron chi connectivity index (χ0n) is 13.9. The Bertz CT molecular complexity index is 935. The molecule has 0 aliphatic heterocycles. The maximum atomic E-state index is 12.1. The van der Waals surface area contributed by atoms with Crippen LogP contribution < -0.4 is 22.1 Å². The first-order valence-corrected chi connectivity index (χ1v) is 8.79. The van der Waals surface area contributed by atoms with E-state index >= 15 is 0 Å². The minimum atomic E-state index is -0.578. The summed E-state index contributed by atoms with van der Waals surface area (Å²) in [4.78, 5) is 23.4. The summed E-state index contributed by atoms with van der Waals surface area (Å²) in [6, 6.07) is 16.6. The Labute approximate surface area is 154 Å². The molecule has 0 bridgehead atoms. The summed E-state index contributed by atoms with van der Waals surface area (Å²) < 4.78 is 0. The monoisotopic (exact) mass is 366 g/mol. The first kappa shape index (κ1) is 17.7. The number of nitrogens with two attached hydrogens (primary N) is 2. The zero-order chi connectivity index (χ0) is 18.5. The van der Waals surface area contributed by atoms with E-state index in [1.165, 1.54) is 11.3 Å². The van der Waals surface area contributed by atoms with Crippen molar-refractivity contribution >= 4 is 34.0 Å². The Morgan fingerprint density at radius 3 is 2.42 bits per heavy atom. The van der Waals surface area contributed by atoms with Crippen LogP contribution in [0, 0.1) is 0 Å². The van der Waals surface area contributed by atoms with Gasteiger partial charge in [-0.2, -0.15) is 0 Å². The third kappa shape index (κ3) is 4.08. The fraction of sp³-hybridized carbons (Fsp3) is 0.0526. The summed E-state index contributed by atoms with van der Waals surface area (Å²) in [6.45, 7) is 0.490. The Hall–Kier alpha value is -3.16. The number of hydrogen-bond acceptors (Lipinski definition) is 4. The largest absolute Gasteiger partial charge is 0.366 e. The number of rotatable bonds is 5. The SMILES string of the molecule is NCc1cccc(-c2ccc(NC(=O)Nc3sccc3C(N)=O)cc2)c1. The average Bonchev–Trinajstić information content (AvgIpc) is 3.10. The van der Waals surface area contributed by atoms with Crippen molar-refractivity contribution in [3.63, 3.8) is 0 Å². The summed E-state index contributed by atoms with van der Waals surface area (Å²) in [7, 11) is 0. The molecule has 6 nitrogen and oxygen atoms in total. The molecule has 0 saturated carbocycles. The first-order chi connectivity index (χ1) is 12.6. The van der Waals surface area contributed by atoms with Gasteiger partial charge in [-0.05, 0) is 46.3 Å². The quantitative estimate of drug-likeness (QED) is 0.553. The van der Waals surface area contributed by atoms with E-state index in [1.807, 2.05) is 48.5 Å². The van der Waals surface area contributed by atoms with Gasteiger partial charge in [0.1, 0.15) is 5.00 Å². The molecule has 26 heavy (non-hydrogen) atoms. The molecule has 132 valence electrons. The van der Waals surface area contributed by atoms with E-state index in [0.29, 0.717) is 22.8 Å². The molecule has 1 heterocycles. The number of carbonyl (C=O) groups is 2. The second kappa shape index (κ2) is 7.81. The van der Waals surface area contributed by atoms with Gasteiger partial charge in [0.05, 0.1) is 5.56 Å². The molecule has 3 amide bonds. The van der Waals surface area contributed by atoms with Crippen LogP contribution in [0.15, 0.2) is 60.0 Å². The van der Waals surface area contributed by atoms with Crippen molar-refractivity contribution in [1.82, 2.24) is 0 Å². The van der Waals surface area contributed by atoms with Crippen molar-refractivity contribution in [2.45, 2.75) is 6.54 Å². The maximum Gasteiger partial charge on any atom is 0.324 e. The minimum absolute atomic E-state index is 0.292. The number of nitrogens with one attached hydrogen (secondary N) is 2. The van der Waals surface area contributed by atoms with E-state index in [1.54, 1.807) is 11.4 Å². The van der Waals surface area contributed by atoms with E-state index in [0.717, 1.165) is 16.7 Å². The van der Waals surface area contributed by atoms with Gasteiger partial charge in [0.25, 0.3) is 5.91 Å². The lowest BCUT2D eigenvalue weighted by molar-refractivity contribution is 0.100. The maximum absolute atomic E-state index is 12.1. The summed E-state index contributed by atoms with van der Waals surface area (Å²) in [5, 5.41) is 7.48. The Balaban J connectivity index is 1.68. The lowest BCUT2D eigenvalue weighted by Crippen LogP contribution is -2.21. The fourth-order valence-electron chi connectivity index (χ4n) is 2.49. The van der Waals surface area contributed by atoms with Crippen LogP contribution in [0.5, 0.6) is 0 Å². The third-order valence-electron chi connectivity index (χ3n) is 3.80. The Morgan fingerprint density at radius 2 is 1.73 bits per heavy atom. The predicted octanol–water partition coefficient (Wildman–Crippen LogP) is 3.62. The van der Waals surface area contributed by atoms with Crippen molar-refractivity contribution in [2.24, 2.45) is 11.5 Å². The average molecular weight is 366 g/mol.